The second-order valence-corrected chi connectivity index (χ2v) is 8.55. The molecule has 1 unspecified atom stereocenters. The molecule has 23 heavy (non-hydrogen) atoms. The van der Waals surface area contributed by atoms with Crippen molar-refractivity contribution < 1.29 is 8.42 Å². The lowest BCUT2D eigenvalue weighted by Gasteiger charge is -2.23. The average Bonchev–Trinajstić information content (AvgIpc) is 2.85. The van der Waals surface area contributed by atoms with Gasteiger partial charge in [0.2, 0.25) is 0 Å². The Labute approximate surface area is 143 Å². The van der Waals surface area contributed by atoms with Crippen LogP contribution in [0.4, 0.5) is 0 Å². The van der Waals surface area contributed by atoms with Gasteiger partial charge in [-0.05, 0) is 30.9 Å². The third-order valence-corrected chi connectivity index (χ3v) is 6.09. The molecule has 1 aliphatic rings. The summed E-state index contributed by atoms with van der Waals surface area (Å²) in [7, 11) is -0.896. The monoisotopic (exact) mass is 357 g/mol. The van der Waals surface area contributed by atoms with Crippen LogP contribution in [0, 0.1) is 5.92 Å². The molecule has 7 heteroatoms. The lowest BCUT2D eigenvalue weighted by atomic mass is 10.1. The summed E-state index contributed by atoms with van der Waals surface area (Å²) in [5.41, 5.74) is 1.03. The van der Waals surface area contributed by atoms with Gasteiger partial charge in [-0.2, -0.15) is 0 Å². The van der Waals surface area contributed by atoms with E-state index >= 15 is 0 Å². The Morgan fingerprint density at radius 2 is 2.17 bits per heavy atom. The lowest BCUT2D eigenvalue weighted by Crippen LogP contribution is -2.39. The quantitative estimate of drug-likeness (QED) is 0.648. The smallest absolute Gasteiger partial charge is 0.193 e. The van der Waals surface area contributed by atoms with E-state index in [1.165, 1.54) is 0 Å². The third kappa shape index (κ3) is 5.39. The number of sulfone groups is 1. The summed E-state index contributed by atoms with van der Waals surface area (Å²) in [6.45, 7) is 3.95. The normalized spacial score (nSPS) is 20.5. The van der Waals surface area contributed by atoms with E-state index < -0.39 is 9.84 Å². The molecule has 0 saturated carbocycles. The maximum absolute atomic E-state index is 11.5. The van der Waals surface area contributed by atoms with E-state index in [0.29, 0.717) is 25.3 Å². The number of halogens is 1. The van der Waals surface area contributed by atoms with Crippen molar-refractivity contribution in [1.82, 2.24) is 10.2 Å². The van der Waals surface area contributed by atoms with Crippen LogP contribution in [-0.4, -0.2) is 50.9 Å². The molecule has 0 aromatic heterocycles. The highest BCUT2D eigenvalue weighted by atomic mass is 35.5. The zero-order valence-electron chi connectivity index (χ0n) is 13.6. The Kier molecular flexibility index (Phi) is 6.30. The van der Waals surface area contributed by atoms with Gasteiger partial charge >= 0.3 is 0 Å². The molecule has 0 bridgehead atoms. The zero-order chi connectivity index (χ0) is 16.9. The van der Waals surface area contributed by atoms with Crippen LogP contribution < -0.4 is 5.32 Å². The molecule has 2 rings (SSSR count). The molecule has 1 aromatic carbocycles. The summed E-state index contributed by atoms with van der Waals surface area (Å²) in [6.07, 6.45) is 0.708. The predicted molar refractivity (Wildman–Crippen MR) is 95.7 cm³/mol. The molecule has 1 fully saturated rings. The Morgan fingerprint density at radius 3 is 2.78 bits per heavy atom. The highest BCUT2D eigenvalue weighted by Crippen LogP contribution is 2.19. The van der Waals surface area contributed by atoms with Crippen molar-refractivity contribution in [2.24, 2.45) is 10.9 Å². The first-order valence-corrected chi connectivity index (χ1v) is 10.0. The molecular formula is C16H24ClN3O2S. The summed E-state index contributed by atoms with van der Waals surface area (Å²) in [6, 6.07) is 7.73. The first-order valence-electron chi connectivity index (χ1n) is 7.84. The number of guanidine groups is 1. The predicted octanol–water partition coefficient (Wildman–Crippen LogP) is 2.17. The van der Waals surface area contributed by atoms with Crippen LogP contribution in [0.2, 0.25) is 5.02 Å². The van der Waals surface area contributed by atoms with Crippen LogP contribution in [0.3, 0.4) is 0 Å². The first kappa shape index (κ1) is 18.1. The van der Waals surface area contributed by atoms with Gasteiger partial charge < -0.3 is 10.2 Å². The van der Waals surface area contributed by atoms with Gasteiger partial charge in [-0.15, -0.1) is 0 Å². The summed E-state index contributed by atoms with van der Waals surface area (Å²) in [5, 5.41) is 3.98. The van der Waals surface area contributed by atoms with Crippen LogP contribution in [0.5, 0.6) is 0 Å². The van der Waals surface area contributed by atoms with Gasteiger partial charge in [0, 0.05) is 31.7 Å². The second-order valence-electron chi connectivity index (χ2n) is 5.91. The first-order chi connectivity index (χ1) is 10.9. The fourth-order valence-electron chi connectivity index (χ4n) is 2.66. The number of nitrogens with one attached hydrogen (secondary N) is 1. The standard InChI is InChI=1S/C16H24ClN3O2S/c1-3-18-16(19-10-13-8-9-23(21,22)12-13)20(2)11-14-6-4-5-7-15(14)17/h4-7,13H,3,8-12H2,1-2H3,(H,18,19). The molecule has 1 N–H and O–H groups in total. The van der Waals surface area contributed by atoms with Crippen LogP contribution in [0.15, 0.2) is 29.3 Å². The largest absolute Gasteiger partial charge is 0.357 e. The molecule has 1 atom stereocenters. The van der Waals surface area contributed by atoms with Gasteiger partial charge in [-0.25, -0.2) is 8.42 Å². The number of benzene rings is 1. The highest BCUT2D eigenvalue weighted by Gasteiger charge is 2.27. The maximum Gasteiger partial charge on any atom is 0.193 e. The molecule has 0 aliphatic carbocycles. The van der Waals surface area contributed by atoms with Crippen molar-refractivity contribution in [3.05, 3.63) is 34.9 Å². The van der Waals surface area contributed by atoms with Crippen LogP contribution in [-0.2, 0) is 16.4 Å². The highest BCUT2D eigenvalue weighted by molar-refractivity contribution is 7.91. The van der Waals surface area contributed by atoms with E-state index in [-0.39, 0.29) is 11.7 Å². The molecule has 1 saturated heterocycles. The second kappa shape index (κ2) is 8.02. The zero-order valence-corrected chi connectivity index (χ0v) is 15.2. The maximum atomic E-state index is 11.5. The minimum atomic E-state index is -2.85. The van der Waals surface area contributed by atoms with E-state index in [0.717, 1.165) is 23.1 Å². The Hall–Kier alpha value is -1.27. The number of nitrogens with zero attached hydrogens (tertiary/aromatic N) is 2. The molecule has 128 valence electrons. The molecular weight excluding hydrogens is 334 g/mol. The number of rotatable bonds is 5. The van der Waals surface area contributed by atoms with Crippen molar-refractivity contribution in [2.45, 2.75) is 19.9 Å². The third-order valence-electron chi connectivity index (χ3n) is 3.89. The van der Waals surface area contributed by atoms with Crippen molar-refractivity contribution in [1.29, 1.82) is 0 Å². The summed E-state index contributed by atoms with van der Waals surface area (Å²) < 4.78 is 23.1. The summed E-state index contributed by atoms with van der Waals surface area (Å²) in [4.78, 5) is 6.62. The SMILES string of the molecule is CCNC(=NCC1CCS(=O)(=O)C1)N(C)Cc1ccccc1Cl. The molecule has 1 aromatic rings. The molecule has 0 spiro atoms. The van der Waals surface area contributed by atoms with E-state index in [1.54, 1.807) is 0 Å². The van der Waals surface area contributed by atoms with Crippen molar-refractivity contribution in [3.8, 4) is 0 Å². The van der Waals surface area contributed by atoms with Gasteiger partial charge in [0.05, 0.1) is 11.5 Å². The van der Waals surface area contributed by atoms with Gasteiger partial charge in [0.25, 0.3) is 0 Å². The topological polar surface area (TPSA) is 61.8 Å². The van der Waals surface area contributed by atoms with Gasteiger partial charge in [-0.3, -0.25) is 4.99 Å². The molecule has 0 radical (unpaired) electrons. The molecule has 0 amide bonds. The van der Waals surface area contributed by atoms with E-state index in [2.05, 4.69) is 10.3 Å². The van der Waals surface area contributed by atoms with E-state index in [4.69, 9.17) is 11.6 Å². The summed E-state index contributed by atoms with van der Waals surface area (Å²) in [5.74, 6) is 1.45. The van der Waals surface area contributed by atoms with Gasteiger partial charge in [0.1, 0.15) is 0 Å². The van der Waals surface area contributed by atoms with Crippen molar-refractivity contribution in [3.63, 3.8) is 0 Å². The van der Waals surface area contributed by atoms with Crippen LogP contribution in [0.1, 0.15) is 18.9 Å². The van der Waals surface area contributed by atoms with Gasteiger partial charge in [-0.1, -0.05) is 29.8 Å². The number of aliphatic imine (C=N–C) groups is 1. The fourth-order valence-corrected chi connectivity index (χ4v) is 4.70. The minimum absolute atomic E-state index is 0.127. The van der Waals surface area contributed by atoms with Crippen molar-refractivity contribution >= 4 is 27.4 Å². The summed E-state index contributed by atoms with van der Waals surface area (Å²) >= 11 is 6.21. The Bertz CT molecular complexity index is 661. The minimum Gasteiger partial charge on any atom is -0.357 e. The number of hydrogen-bond acceptors (Lipinski definition) is 3. The molecule has 5 nitrogen and oxygen atoms in total. The fraction of sp³-hybridized carbons (Fsp3) is 0.562. The van der Waals surface area contributed by atoms with E-state index in [1.807, 2.05) is 43.1 Å². The molecule has 1 aliphatic heterocycles. The van der Waals surface area contributed by atoms with Crippen molar-refractivity contribution in [2.75, 3.05) is 31.6 Å². The number of hydrogen-bond donors (Lipinski definition) is 1. The Balaban J connectivity index is 2.02. The Morgan fingerprint density at radius 1 is 1.43 bits per heavy atom. The van der Waals surface area contributed by atoms with Gasteiger partial charge in [0.15, 0.2) is 15.8 Å². The van der Waals surface area contributed by atoms with E-state index in [9.17, 15) is 8.42 Å². The average molecular weight is 358 g/mol. The lowest BCUT2D eigenvalue weighted by molar-refractivity contribution is 0.472. The molecule has 1 heterocycles. The van der Waals surface area contributed by atoms with Crippen LogP contribution in [0.25, 0.3) is 0 Å². The van der Waals surface area contributed by atoms with Crippen LogP contribution >= 0.6 is 11.6 Å².